The monoisotopic (exact) mass is 387 g/mol. The van der Waals surface area contributed by atoms with Crippen molar-refractivity contribution in [1.29, 1.82) is 0 Å². The summed E-state index contributed by atoms with van der Waals surface area (Å²) in [5.41, 5.74) is -0.186. The molecule has 3 atom stereocenters. The molecule has 1 heterocycles. The van der Waals surface area contributed by atoms with E-state index in [0.717, 1.165) is 12.8 Å². The van der Waals surface area contributed by atoms with Gasteiger partial charge in [-0.3, -0.25) is 4.79 Å². The molecule has 2 N–H and O–H groups in total. The third kappa shape index (κ3) is 11.5. The van der Waals surface area contributed by atoms with Gasteiger partial charge in [-0.15, -0.1) is 12.6 Å². The van der Waals surface area contributed by atoms with Crippen LogP contribution in [0.2, 0.25) is 0 Å². The summed E-state index contributed by atoms with van der Waals surface area (Å²) >= 11 is 4.26. The van der Waals surface area contributed by atoms with Crippen molar-refractivity contribution < 1.29 is 14.6 Å². The predicted molar refractivity (Wildman–Crippen MR) is 112 cm³/mol. The van der Waals surface area contributed by atoms with Gasteiger partial charge in [0.1, 0.15) is 11.5 Å². The second-order valence-corrected chi connectivity index (χ2v) is 8.29. The number of unbranched alkanes of at least 4 members (excludes halogenated alkanes) is 12. The van der Waals surface area contributed by atoms with Crippen LogP contribution in [0.15, 0.2) is 0 Å². The summed E-state index contributed by atoms with van der Waals surface area (Å²) in [5.74, 6) is 0.0718. The average molecular weight is 388 g/mol. The van der Waals surface area contributed by atoms with Crippen molar-refractivity contribution in [3.63, 3.8) is 0 Å². The highest BCUT2D eigenvalue weighted by Crippen LogP contribution is 2.22. The minimum atomic E-state index is -0.312. The number of ether oxygens (including phenoxy) is 1. The van der Waals surface area contributed by atoms with E-state index in [1.54, 1.807) is 0 Å². The van der Waals surface area contributed by atoms with Gasteiger partial charge in [0.05, 0.1) is 12.6 Å². The first-order chi connectivity index (χ1) is 12.7. The van der Waals surface area contributed by atoms with Crippen molar-refractivity contribution >= 4 is 18.5 Å². The maximum Gasteiger partial charge on any atom is 0.220 e. The van der Waals surface area contributed by atoms with Crippen LogP contribution in [0.1, 0.15) is 103 Å². The lowest BCUT2D eigenvalue weighted by atomic mass is 10.0. The fourth-order valence-corrected chi connectivity index (χ4v) is 4.01. The van der Waals surface area contributed by atoms with Gasteiger partial charge in [0.25, 0.3) is 0 Å². The van der Waals surface area contributed by atoms with E-state index in [4.69, 9.17) is 4.74 Å². The number of nitrogens with one attached hydrogen (secondary N) is 1. The number of aliphatic hydroxyl groups excluding tert-OH is 1. The van der Waals surface area contributed by atoms with Gasteiger partial charge in [-0.25, -0.2) is 0 Å². The molecule has 5 heteroatoms. The number of thiol groups is 1. The Balaban J connectivity index is 1.86. The Bertz CT molecular complexity index is 354. The summed E-state index contributed by atoms with van der Waals surface area (Å²) in [4.78, 5) is 12.0. The lowest BCUT2D eigenvalue weighted by molar-refractivity contribution is -0.122. The molecule has 1 fully saturated rings. The largest absolute Gasteiger partial charge is 0.394 e. The highest BCUT2D eigenvalue weighted by atomic mass is 32.1. The predicted octanol–water partition coefficient (Wildman–Crippen LogP) is 4.99. The molecule has 0 aromatic carbocycles. The molecule has 0 saturated carbocycles. The van der Waals surface area contributed by atoms with Gasteiger partial charge in [-0.1, -0.05) is 84.0 Å². The maximum absolute atomic E-state index is 12.0. The number of hydrogen-bond acceptors (Lipinski definition) is 4. The standard InChI is InChI=1S/C21H41NO3S/c1-2-3-4-5-6-7-8-9-10-11-12-13-14-15-20(24)22-18-16-21(26)25-19(18)17-23/h18-19,21,23,26H,2-17H2,1H3,(H,22,24)/t18?,19-,21+/m1/s1. The van der Waals surface area contributed by atoms with E-state index in [1.165, 1.54) is 70.6 Å². The Kier molecular flexibility index (Phi) is 14.4. The molecule has 0 radical (unpaired) electrons. The molecule has 0 spiro atoms. The summed E-state index contributed by atoms with van der Waals surface area (Å²) in [6, 6.07) is -0.100. The normalized spacial score (nSPS) is 22.7. The Hall–Kier alpha value is -0.260. The van der Waals surface area contributed by atoms with Gasteiger partial charge >= 0.3 is 0 Å². The van der Waals surface area contributed by atoms with E-state index in [0.29, 0.717) is 12.8 Å². The van der Waals surface area contributed by atoms with Gasteiger partial charge in [0.2, 0.25) is 5.91 Å². The zero-order valence-corrected chi connectivity index (χ0v) is 17.7. The topological polar surface area (TPSA) is 58.6 Å². The zero-order chi connectivity index (χ0) is 19.0. The molecule has 1 rings (SSSR count). The van der Waals surface area contributed by atoms with Crippen molar-refractivity contribution in [2.45, 2.75) is 121 Å². The molecule has 1 aliphatic heterocycles. The quantitative estimate of drug-likeness (QED) is 0.258. The smallest absolute Gasteiger partial charge is 0.220 e. The van der Waals surface area contributed by atoms with Gasteiger partial charge in [-0.05, 0) is 6.42 Å². The van der Waals surface area contributed by atoms with Crippen LogP contribution in [0.3, 0.4) is 0 Å². The molecule has 154 valence electrons. The SMILES string of the molecule is CCCCCCCCCCCCCCCC(=O)NC1C[C@H](S)O[C@@H]1CO. The van der Waals surface area contributed by atoms with Gasteiger partial charge in [0, 0.05) is 12.8 Å². The summed E-state index contributed by atoms with van der Waals surface area (Å²) in [6.45, 7) is 2.20. The number of aliphatic hydroxyl groups is 1. The van der Waals surface area contributed by atoms with Crippen molar-refractivity contribution in [2.75, 3.05) is 6.61 Å². The molecule has 0 aliphatic carbocycles. The van der Waals surface area contributed by atoms with E-state index in [1.807, 2.05) is 0 Å². The van der Waals surface area contributed by atoms with Crippen LogP contribution in [0.5, 0.6) is 0 Å². The van der Waals surface area contributed by atoms with Crippen LogP contribution < -0.4 is 5.32 Å². The summed E-state index contributed by atoms with van der Waals surface area (Å²) < 4.78 is 5.45. The number of carbonyl (C=O) groups excluding carboxylic acids is 1. The maximum atomic E-state index is 12.0. The first-order valence-electron chi connectivity index (χ1n) is 10.9. The fraction of sp³-hybridized carbons (Fsp3) is 0.952. The molecule has 1 amide bonds. The molecule has 0 aromatic rings. The molecule has 1 saturated heterocycles. The second-order valence-electron chi connectivity index (χ2n) is 7.71. The molecular weight excluding hydrogens is 346 g/mol. The second kappa shape index (κ2) is 15.8. The third-order valence-electron chi connectivity index (χ3n) is 5.27. The van der Waals surface area contributed by atoms with Crippen LogP contribution in [0.25, 0.3) is 0 Å². The lowest BCUT2D eigenvalue weighted by Crippen LogP contribution is -2.41. The van der Waals surface area contributed by atoms with Crippen LogP contribution in [-0.4, -0.2) is 35.2 Å². The van der Waals surface area contributed by atoms with Crippen LogP contribution >= 0.6 is 12.6 Å². The minimum Gasteiger partial charge on any atom is -0.394 e. The van der Waals surface area contributed by atoms with Crippen LogP contribution in [-0.2, 0) is 9.53 Å². The highest BCUT2D eigenvalue weighted by Gasteiger charge is 2.33. The van der Waals surface area contributed by atoms with E-state index in [9.17, 15) is 9.90 Å². The Morgan fingerprint density at radius 1 is 0.962 bits per heavy atom. The first kappa shape index (κ1) is 23.8. The third-order valence-corrected chi connectivity index (χ3v) is 5.60. The van der Waals surface area contributed by atoms with Crippen molar-refractivity contribution in [3.05, 3.63) is 0 Å². The van der Waals surface area contributed by atoms with Crippen molar-refractivity contribution in [3.8, 4) is 0 Å². The molecule has 0 aromatic heterocycles. The molecular formula is C21H41NO3S. The van der Waals surface area contributed by atoms with Gasteiger partial charge in [0.15, 0.2) is 0 Å². The highest BCUT2D eigenvalue weighted by molar-refractivity contribution is 7.80. The number of rotatable bonds is 16. The Morgan fingerprint density at radius 2 is 1.46 bits per heavy atom. The molecule has 0 bridgehead atoms. The minimum absolute atomic E-state index is 0.0687. The zero-order valence-electron chi connectivity index (χ0n) is 16.8. The number of hydrogen-bond donors (Lipinski definition) is 3. The van der Waals surface area contributed by atoms with E-state index < -0.39 is 0 Å². The van der Waals surface area contributed by atoms with E-state index in [-0.39, 0.29) is 30.1 Å². The van der Waals surface area contributed by atoms with Crippen LogP contribution in [0.4, 0.5) is 0 Å². The number of carbonyl (C=O) groups is 1. The lowest BCUT2D eigenvalue weighted by Gasteiger charge is -2.17. The summed E-state index contributed by atoms with van der Waals surface area (Å²) in [5, 5.41) is 12.2. The van der Waals surface area contributed by atoms with Crippen molar-refractivity contribution in [1.82, 2.24) is 5.32 Å². The van der Waals surface area contributed by atoms with Gasteiger partial charge in [-0.2, -0.15) is 0 Å². The summed E-state index contributed by atoms with van der Waals surface area (Å²) in [6.07, 6.45) is 18.0. The first-order valence-corrected chi connectivity index (χ1v) is 11.4. The van der Waals surface area contributed by atoms with E-state index >= 15 is 0 Å². The number of amides is 1. The Morgan fingerprint density at radius 3 is 1.96 bits per heavy atom. The molecule has 1 unspecified atom stereocenters. The van der Waals surface area contributed by atoms with Crippen LogP contribution in [0, 0.1) is 0 Å². The van der Waals surface area contributed by atoms with Gasteiger partial charge < -0.3 is 15.2 Å². The molecule has 4 nitrogen and oxygen atoms in total. The average Bonchev–Trinajstić information content (AvgIpc) is 2.98. The summed E-state index contributed by atoms with van der Waals surface area (Å²) in [7, 11) is 0. The van der Waals surface area contributed by atoms with Crippen molar-refractivity contribution in [2.24, 2.45) is 0 Å². The van der Waals surface area contributed by atoms with E-state index in [2.05, 4.69) is 24.9 Å². The Labute approximate surface area is 166 Å². The molecule has 26 heavy (non-hydrogen) atoms. The molecule has 1 aliphatic rings. The fourth-order valence-electron chi connectivity index (χ4n) is 3.63.